The summed E-state index contributed by atoms with van der Waals surface area (Å²) < 4.78 is 6.99. The van der Waals surface area contributed by atoms with Crippen molar-refractivity contribution in [2.75, 3.05) is 6.61 Å². The van der Waals surface area contributed by atoms with Crippen LogP contribution < -0.4 is 5.73 Å². The minimum absolute atomic E-state index is 0.227. The number of allylic oxidation sites excluding steroid dienone is 5. The largest absolute Gasteiger partial charge is 0.371 e. The first-order valence-electron chi connectivity index (χ1n) is 17.8. The Balaban J connectivity index is 1.20. The molecule has 4 fully saturated rings. The fourth-order valence-corrected chi connectivity index (χ4v) is 12.3. The van der Waals surface area contributed by atoms with Crippen LogP contribution in [0, 0.1) is 69.0 Å². The van der Waals surface area contributed by atoms with Crippen LogP contribution in [-0.4, -0.2) is 18.2 Å². The van der Waals surface area contributed by atoms with Gasteiger partial charge in [0.05, 0.1) is 12.7 Å². The second kappa shape index (κ2) is 9.32. The third kappa shape index (κ3) is 4.00. The van der Waals surface area contributed by atoms with E-state index in [2.05, 4.69) is 79.7 Å². The molecule has 2 nitrogen and oxygen atoms in total. The second-order valence-corrected chi connectivity index (χ2v) is 18.1. The summed E-state index contributed by atoms with van der Waals surface area (Å²) in [5.41, 5.74) is 11.6. The normalized spacial score (nSPS) is 49.9. The van der Waals surface area contributed by atoms with Gasteiger partial charge in [0, 0.05) is 11.0 Å². The van der Waals surface area contributed by atoms with Crippen LogP contribution in [0.25, 0.3) is 0 Å². The molecule has 2 N–H and O–H groups in total. The highest BCUT2D eigenvalue weighted by molar-refractivity contribution is 5.40. The van der Waals surface area contributed by atoms with E-state index in [0.717, 1.165) is 41.4 Å². The molecule has 8 rings (SSSR count). The van der Waals surface area contributed by atoms with Gasteiger partial charge < -0.3 is 10.5 Å². The molecule has 0 aromatic rings. The summed E-state index contributed by atoms with van der Waals surface area (Å²) in [5.74, 6) is 6.03. The van der Waals surface area contributed by atoms with Crippen LogP contribution in [0.3, 0.4) is 0 Å². The number of hydrogen-bond donors (Lipinski definition) is 1. The van der Waals surface area contributed by atoms with Crippen LogP contribution in [0.1, 0.15) is 120 Å². The lowest BCUT2D eigenvalue weighted by molar-refractivity contribution is -0.118. The van der Waals surface area contributed by atoms with E-state index in [9.17, 15) is 0 Å². The molecular weight excluding hydrogens is 498 g/mol. The van der Waals surface area contributed by atoms with Gasteiger partial charge in [-0.05, 0) is 140 Å². The minimum Gasteiger partial charge on any atom is -0.371 e. The molecule has 8 aliphatic carbocycles. The lowest BCUT2D eigenvalue weighted by Gasteiger charge is -2.63. The molecule has 0 aromatic carbocycles. The molecule has 0 aliphatic heterocycles. The fraction of sp³-hybridized carbons (Fsp3) is 0.846. The molecule has 41 heavy (non-hydrogen) atoms. The topological polar surface area (TPSA) is 35.2 Å². The summed E-state index contributed by atoms with van der Waals surface area (Å²) in [7, 11) is 0. The predicted octanol–water partition coefficient (Wildman–Crippen LogP) is 9.51. The molecule has 0 aromatic heterocycles. The van der Waals surface area contributed by atoms with Gasteiger partial charge in [-0.3, -0.25) is 0 Å². The fourth-order valence-electron chi connectivity index (χ4n) is 12.3. The van der Waals surface area contributed by atoms with Crippen LogP contribution in [0.5, 0.6) is 0 Å². The van der Waals surface area contributed by atoms with Gasteiger partial charge in [0.2, 0.25) is 0 Å². The van der Waals surface area contributed by atoms with E-state index < -0.39 is 0 Å². The Hall–Kier alpha value is -0.860. The summed E-state index contributed by atoms with van der Waals surface area (Å²) >= 11 is 0. The Bertz CT molecular complexity index is 1160. The molecule has 4 saturated carbocycles. The molecule has 0 heterocycles. The van der Waals surface area contributed by atoms with Gasteiger partial charge in [0.1, 0.15) is 0 Å². The standard InChI is InChI=1S/C39H61NO/c1-24(2)27(6)37-14-9-15-38(22-37)17-13-32-30(31(38)12-16-37)10-11-33(39(32)20-26(39)5)35(7)21-28-18-29(19-28)34(35)41-23-36(8,40)25(3)4/h9,13,15,18,24-28,30-31,33-34H,10-12,14,16-17,19-23,40H2,1-8H3/t26?,27-,28?,30?,31?,33?,34?,35+,36+,37+,38+,39?/m1/s1. The maximum atomic E-state index is 6.99. The molecule has 2 heteroatoms. The number of hydrogen-bond acceptors (Lipinski definition) is 2. The SMILES string of the molecule is CC(C)[C@@H](C)[C@@]12CC=C[C@]3(CC=C4C(CCC([C@]5(C)CC6C=C(C6)C5OC[C@](C)(N)C(C)C)C45CC5C)C3CC1)C2. The van der Waals surface area contributed by atoms with Crippen molar-refractivity contribution in [2.24, 2.45) is 74.7 Å². The highest BCUT2D eigenvalue weighted by atomic mass is 16.5. The molecule has 8 aliphatic rings. The Kier molecular flexibility index (Phi) is 6.57. The Labute approximate surface area is 252 Å². The average Bonchev–Trinajstić information content (AvgIpc) is 3.55. The Morgan fingerprint density at radius 1 is 1.07 bits per heavy atom. The van der Waals surface area contributed by atoms with Crippen molar-refractivity contribution in [1.82, 2.24) is 0 Å². The van der Waals surface area contributed by atoms with Crippen molar-refractivity contribution in [3.8, 4) is 0 Å². The van der Waals surface area contributed by atoms with E-state index in [1.54, 1.807) is 5.57 Å². The molecule has 228 valence electrons. The highest BCUT2D eigenvalue weighted by Crippen LogP contribution is 2.77. The summed E-state index contributed by atoms with van der Waals surface area (Å²) in [6.45, 7) is 20.1. The van der Waals surface area contributed by atoms with E-state index >= 15 is 0 Å². The van der Waals surface area contributed by atoms with E-state index in [0.29, 0.717) is 28.8 Å². The molecule has 2 spiro atoms. The second-order valence-electron chi connectivity index (χ2n) is 18.1. The van der Waals surface area contributed by atoms with Gasteiger partial charge in [0.25, 0.3) is 0 Å². The van der Waals surface area contributed by atoms with Gasteiger partial charge in [-0.1, -0.05) is 78.3 Å². The van der Waals surface area contributed by atoms with Gasteiger partial charge in [-0.25, -0.2) is 0 Å². The quantitative estimate of drug-likeness (QED) is 0.315. The highest BCUT2D eigenvalue weighted by Gasteiger charge is 2.70. The van der Waals surface area contributed by atoms with Crippen LogP contribution in [-0.2, 0) is 4.74 Å². The minimum atomic E-state index is -0.277. The zero-order valence-electron chi connectivity index (χ0n) is 27.8. The predicted molar refractivity (Wildman–Crippen MR) is 171 cm³/mol. The zero-order chi connectivity index (χ0) is 29.2. The first kappa shape index (κ1) is 28.9. The average molecular weight is 560 g/mol. The van der Waals surface area contributed by atoms with E-state index in [1.165, 1.54) is 64.2 Å². The van der Waals surface area contributed by atoms with Crippen LogP contribution in [0.15, 0.2) is 35.5 Å². The summed E-state index contributed by atoms with van der Waals surface area (Å²) in [5, 5.41) is 0. The summed E-state index contributed by atoms with van der Waals surface area (Å²) in [6, 6.07) is 0. The van der Waals surface area contributed by atoms with E-state index in [4.69, 9.17) is 10.5 Å². The Morgan fingerprint density at radius 3 is 2.46 bits per heavy atom. The van der Waals surface area contributed by atoms with Gasteiger partial charge in [0.15, 0.2) is 0 Å². The maximum absolute atomic E-state index is 6.99. The first-order chi connectivity index (χ1) is 19.3. The molecule has 4 bridgehead atoms. The van der Waals surface area contributed by atoms with Crippen molar-refractivity contribution in [2.45, 2.75) is 131 Å². The maximum Gasteiger partial charge on any atom is 0.0842 e. The lowest BCUT2D eigenvalue weighted by Crippen LogP contribution is -2.58. The van der Waals surface area contributed by atoms with Crippen LogP contribution in [0.2, 0.25) is 0 Å². The number of fused-ring (bicyclic) bond motifs is 6. The molecule has 0 saturated heterocycles. The van der Waals surface area contributed by atoms with E-state index in [-0.39, 0.29) is 17.1 Å². The van der Waals surface area contributed by atoms with Crippen molar-refractivity contribution in [1.29, 1.82) is 0 Å². The molecule has 0 amide bonds. The van der Waals surface area contributed by atoms with Crippen LogP contribution in [0.4, 0.5) is 0 Å². The lowest BCUT2D eigenvalue weighted by atomic mass is 9.41. The number of nitrogens with two attached hydrogens (primary N) is 1. The van der Waals surface area contributed by atoms with E-state index in [1.807, 2.05) is 5.57 Å². The molecule has 0 radical (unpaired) electrons. The summed E-state index contributed by atoms with van der Waals surface area (Å²) in [4.78, 5) is 0. The third-order valence-electron chi connectivity index (χ3n) is 15.5. The van der Waals surface area contributed by atoms with Gasteiger partial charge in [-0.15, -0.1) is 0 Å². The Morgan fingerprint density at radius 2 is 1.80 bits per heavy atom. The molecule has 7 unspecified atom stereocenters. The summed E-state index contributed by atoms with van der Waals surface area (Å²) in [6.07, 6.45) is 24.8. The molecular formula is C39H61NO. The van der Waals surface area contributed by atoms with Crippen molar-refractivity contribution >= 4 is 0 Å². The molecule has 12 atom stereocenters. The van der Waals surface area contributed by atoms with Gasteiger partial charge >= 0.3 is 0 Å². The van der Waals surface area contributed by atoms with Crippen molar-refractivity contribution < 1.29 is 4.74 Å². The van der Waals surface area contributed by atoms with Gasteiger partial charge in [-0.2, -0.15) is 0 Å². The third-order valence-corrected chi connectivity index (χ3v) is 15.5. The smallest absolute Gasteiger partial charge is 0.0842 e. The first-order valence-corrected chi connectivity index (χ1v) is 17.8. The monoisotopic (exact) mass is 559 g/mol. The zero-order valence-corrected chi connectivity index (χ0v) is 27.8. The number of ether oxygens (including phenoxy) is 1. The van der Waals surface area contributed by atoms with Crippen molar-refractivity contribution in [3.05, 3.63) is 35.5 Å². The van der Waals surface area contributed by atoms with Crippen molar-refractivity contribution in [3.63, 3.8) is 0 Å². The van der Waals surface area contributed by atoms with Crippen LogP contribution >= 0.6 is 0 Å². The number of rotatable bonds is 7.